The zero-order valence-corrected chi connectivity index (χ0v) is 19.8. The van der Waals surface area contributed by atoms with Crippen molar-refractivity contribution in [2.45, 2.75) is 9.79 Å². The molecule has 1 aliphatic heterocycles. The predicted octanol–water partition coefficient (Wildman–Crippen LogP) is 6.25. The number of hydrogen-bond acceptors (Lipinski definition) is 5. The number of H-pyrrole nitrogens is 1. The monoisotopic (exact) mass is 488 g/mol. The standard InChI is InChI=1S/C29H20N4O2S/c34-26-14-8-7-11-20(26)17-25-28(35)33(27(30-25)19-9-3-1-4-10-19)29-31-23-16-15-22(18-24(23)32-29)36-21-12-5-2-6-13-21/h1-18,34H,(H,31,32)/b25-17+. The first-order chi connectivity index (χ1) is 17.7. The molecule has 0 saturated heterocycles. The number of amidine groups is 1. The molecule has 1 aliphatic rings. The summed E-state index contributed by atoms with van der Waals surface area (Å²) in [6, 6.07) is 32.5. The molecule has 2 N–H and O–H groups in total. The highest BCUT2D eigenvalue weighted by Crippen LogP contribution is 2.32. The number of carbonyl (C=O) groups is 1. The summed E-state index contributed by atoms with van der Waals surface area (Å²) in [6.07, 6.45) is 1.60. The molecule has 36 heavy (non-hydrogen) atoms. The number of phenolic OH excluding ortho intramolecular Hbond substituents is 1. The molecule has 5 aromatic rings. The van der Waals surface area contributed by atoms with E-state index in [1.807, 2.05) is 66.7 Å². The fraction of sp³-hybridized carbons (Fsp3) is 0. The number of nitrogens with one attached hydrogen (secondary N) is 1. The summed E-state index contributed by atoms with van der Waals surface area (Å²) in [7, 11) is 0. The smallest absolute Gasteiger partial charge is 0.285 e. The van der Waals surface area contributed by atoms with Crippen LogP contribution in [0.25, 0.3) is 17.1 Å². The van der Waals surface area contributed by atoms with Gasteiger partial charge in [0.1, 0.15) is 11.4 Å². The lowest BCUT2D eigenvalue weighted by Crippen LogP contribution is -2.33. The number of aromatic nitrogens is 2. The van der Waals surface area contributed by atoms with Gasteiger partial charge < -0.3 is 10.1 Å². The summed E-state index contributed by atoms with van der Waals surface area (Å²) >= 11 is 1.66. The van der Waals surface area contributed by atoms with Gasteiger partial charge in [-0.2, -0.15) is 0 Å². The molecule has 0 unspecified atom stereocenters. The molecule has 6 nitrogen and oxygen atoms in total. The van der Waals surface area contributed by atoms with Crippen molar-refractivity contribution in [1.82, 2.24) is 9.97 Å². The Balaban J connectivity index is 1.40. The number of imidazole rings is 1. The highest BCUT2D eigenvalue weighted by atomic mass is 32.2. The van der Waals surface area contributed by atoms with Gasteiger partial charge in [-0.25, -0.2) is 14.9 Å². The van der Waals surface area contributed by atoms with Crippen LogP contribution in [-0.4, -0.2) is 26.8 Å². The number of aromatic hydroxyl groups is 1. The summed E-state index contributed by atoms with van der Waals surface area (Å²) in [4.78, 5) is 30.0. The SMILES string of the molecule is O=C1/C(=C\c2ccccc2O)N=C(c2ccccc2)N1c1nc2ccc(Sc3ccccc3)cc2[nH]1. The van der Waals surface area contributed by atoms with Crippen molar-refractivity contribution in [3.05, 3.63) is 120 Å². The van der Waals surface area contributed by atoms with Gasteiger partial charge >= 0.3 is 0 Å². The minimum absolute atomic E-state index is 0.0832. The van der Waals surface area contributed by atoms with Crippen molar-refractivity contribution in [2.75, 3.05) is 4.90 Å². The number of phenols is 1. The number of aliphatic imine (C=N–C) groups is 1. The van der Waals surface area contributed by atoms with Crippen molar-refractivity contribution >= 4 is 46.6 Å². The Kier molecular flexibility index (Phi) is 5.59. The maximum atomic E-state index is 13.6. The number of rotatable bonds is 5. The Bertz CT molecular complexity index is 1640. The van der Waals surface area contributed by atoms with Gasteiger partial charge in [0.2, 0.25) is 5.95 Å². The number of fused-ring (bicyclic) bond motifs is 1. The molecule has 0 bridgehead atoms. The van der Waals surface area contributed by atoms with Crippen molar-refractivity contribution in [1.29, 1.82) is 0 Å². The maximum Gasteiger partial charge on any atom is 0.285 e. The van der Waals surface area contributed by atoms with Crippen LogP contribution in [0.5, 0.6) is 5.75 Å². The van der Waals surface area contributed by atoms with Crippen molar-refractivity contribution < 1.29 is 9.90 Å². The van der Waals surface area contributed by atoms with Gasteiger partial charge in [-0.3, -0.25) is 4.79 Å². The second-order valence-electron chi connectivity index (χ2n) is 8.18. The molecule has 1 aromatic heterocycles. The number of hydrogen-bond donors (Lipinski definition) is 2. The molecule has 4 aromatic carbocycles. The third kappa shape index (κ3) is 4.16. The van der Waals surface area contributed by atoms with Crippen LogP contribution in [0.4, 0.5) is 5.95 Å². The largest absolute Gasteiger partial charge is 0.507 e. The van der Waals surface area contributed by atoms with Gasteiger partial charge in [0.25, 0.3) is 5.91 Å². The van der Waals surface area contributed by atoms with E-state index in [0.29, 0.717) is 17.3 Å². The third-order valence-corrected chi connectivity index (χ3v) is 6.75. The van der Waals surface area contributed by atoms with Crippen LogP contribution in [0, 0.1) is 0 Å². The second-order valence-corrected chi connectivity index (χ2v) is 9.33. The summed E-state index contributed by atoms with van der Waals surface area (Å²) in [5.74, 6) is 0.621. The Morgan fingerprint density at radius 2 is 1.56 bits per heavy atom. The lowest BCUT2D eigenvalue weighted by molar-refractivity contribution is -0.113. The Morgan fingerprint density at radius 1 is 0.833 bits per heavy atom. The zero-order chi connectivity index (χ0) is 24.5. The fourth-order valence-electron chi connectivity index (χ4n) is 4.02. The van der Waals surface area contributed by atoms with Crippen molar-refractivity contribution in [2.24, 2.45) is 4.99 Å². The quantitative estimate of drug-likeness (QED) is 0.286. The third-order valence-electron chi connectivity index (χ3n) is 5.75. The molecule has 0 radical (unpaired) electrons. The second kappa shape index (κ2) is 9.20. The van der Waals surface area contributed by atoms with Crippen LogP contribution in [0.1, 0.15) is 11.1 Å². The molecule has 7 heteroatoms. The first-order valence-electron chi connectivity index (χ1n) is 11.4. The Labute approximate surface area is 211 Å². The van der Waals surface area contributed by atoms with Gasteiger partial charge in [-0.15, -0.1) is 0 Å². The molecule has 0 atom stereocenters. The number of carbonyl (C=O) groups excluding carboxylic acids is 1. The van der Waals surface area contributed by atoms with E-state index in [9.17, 15) is 9.90 Å². The van der Waals surface area contributed by atoms with E-state index in [1.165, 1.54) is 4.90 Å². The summed E-state index contributed by atoms with van der Waals surface area (Å²) in [6.45, 7) is 0. The lowest BCUT2D eigenvalue weighted by atomic mass is 10.1. The van der Waals surface area contributed by atoms with Gasteiger partial charge in [-0.1, -0.05) is 78.5 Å². The fourth-order valence-corrected chi connectivity index (χ4v) is 4.90. The van der Waals surface area contributed by atoms with Crippen molar-refractivity contribution in [3.63, 3.8) is 0 Å². The number of aromatic amines is 1. The van der Waals surface area contributed by atoms with E-state index >= 15 is 0 Å². The minimum Gasteiger partial charge on any atom is -0.507 e. The topological polar surface area (TPSA) is 81.6 Å². The Hall–Kier alpha value is -4.62. The highest BCUT2D eigenvalue weighted by molar-refractivity contribution is 7.99. The molecule has 6 rings (SSSR count). The normalized spacial score (nSPS) is 14.6. The van der Waals surface area contributed by atoms with Crippen LogP contribution >= 0.6 is 11.8 Å². The molecule has 0 saturated carbocycles. The van der Waals surface area contributed by atoms with E-state index < -0.39 is 0 Å². The molecular formula is C29H20N4O2S. The van der Waals surface area contributed by atoms with Crippen LogP contribution in [-0.2, 0) is 4.79 Å². The molecule has 0 spiro atoms. The number of benzene rings is 4. The summed E-state index contributed by atoms with van der Waals surface area (Å²) < 4.78 is 0. The number of anilines is 1. The van der Waals surface area contributed by atoms with Gasteiger partial charge in [0.05, 0.1) is 11.0 Å². The first kappa shape index (κ1) is 21.9. The average molecular weight is 489 g/mol. The molecule has 1 amide bonds. The van der Waals surface area contributed by atoms with Gasteiger partial charge in [0.15, 0.2) is 5.84 Å². The molecule has 0 fully saturated rings. The number of para-hydroxylation sites is 1. The zero-order valence-electron chi connectivity index (χ0n) is 19.0. The molecule has 2 heterocycles. The minimum atomic E-state index is -0.324. The van der Waals surface area contributed by atoms with E-state index in [-0.39, 0.29) is 17.4 Å². The Morgan fingerprint density at radius 3 is 2.33 bits per heavy atom. The molecule has 174 valence electrons. The van der Waals surface area contributed by atoms with E-state index in [4.69, 9.17) is 4.98 Å². The average Bonchev–Trinajstić information content (AvgIpc) is 3.47. The number of nitrogens with zero attached hydrogens (tertiary/aromatic N) is 3. The van der Waals surface area contributed by atoms with Crippen LogP contribution in [0.2, 0.25) is 0 Å². The predicted molar refractivity (Wildman–Crippen MR) is 143 cm³/mol. The summed E-state index contributed by atoms with van der Waals surface area (Å²) in [5.41, 5.74) is 3.10. The highest BCUT2D eigenvalue weighted by Gasteiger charge is 2.34. The van der Waals surface area contributed by atoms with Crippen molar-refractivity contribution in [3.8, 4) is 5.75 Å². The molecular weight excluding hydrogens is 468 g/mol. The summed E-state index contributed by atoms with van der Waals surface area (Å²) in [5, 5.41) is 10.2. The van der Waals surface area contributed by atoms with Crippen LogP contribution in [0.15, 0.2) is 124 Å². The van der Waals surface area contributed by atoms with Crippen LogP contribution < -0.4 is 4.90 Å². The van der Waals surface area contributed by atoms with E-state index in [1.54, 1.807) is 42.1 Å². The van der Waals surface area contributed by atoms with Crippen LogP contribution in [0.3, 0.4) is 0 Å². The first-order valence-corrected chi connectivity index (χ1v) is 12.2. The van der Waals surface area contributed by atoms with Gasteiger partial charge in [-0.05, 0) is 42.5 Å². The molecule has 0 aliphatic carbocycles. The maximum absolute atomic E-state index is 13.6. The lowest BCUT2D eigenvalue weighted by Gasteiger charge is -2.15. The number of amides is 1. The van der Waals surface area contributed by atoms with E-state index in [0.717, 1.165) is 26.4 Å². The van der Waals surface area contributed by atoms with Gasteiger partial charge in [0, 0.05) is 20.9 Å². The van der Waals surface area contributed by atoms with E-state index in [2.05, 4.69) is 22.1 Å².